The van der Waals surface area contributed by atoms with E-state index in [1.807, 2.05) is 24.3 Å². The molecule has 3 rings (SSSR count). The first-order valence-corrected chi connectivity index (χ1v) is 10.3. The topological polar surface area (TPSA) is 63.2 Å². The maximum atomic E-state index is 11.9. The molecule has 0 spiro atoms. The Morgan fingerprint density at radius 1 is 1.29 bits per heavy atom. The van der Waals surface area contributed by atoms with E-state index in [0.717, 1.165) is 33.5 Å². The molecule has 7 heteroatoms. The van der Waals surface area contributed by atoms with Gasteiger partial charge in [-0.25, -0.2) is 5.43 Å². The Kier molecular flexibility index (Phi) is 7.81. The number of hydrogen-bond donors (Lipinski definition) is 1. The van der Waals surface area contributed by atoms with Crippen molar-refractivity contribution in [2.75, 3.05) is 32.8 Å². The van der Waals surface area contributed by atoms with Gasteiger partial charge in [0.15, 0.2) is 0 Å². The molecule has 1 heterocycles. The van der Waals surface area contributed by atoms with Crippen LogP contribution in [0.15, 0.2) is 47.6 Å². The first-order chi connectivity index (χ1) is 13.6. The summed E-state index contributed by atoms with van der Waals surface area (Å²) in [6, 6.07) is 14.1. The summed E-state index contributed by atoms with van der Waals surface area (Å²) in [5, 5.41) is 4.05. The number of morpholine rings is 1. The van der Waals surface area contributed by atoms with Gasteiger partial charge in [-0.1, -0.05) is 29.8 Å². The third-order valence-electron chi connectivity index (χ3n) is 4.31. The molecule has 1 amide bonds. The Balaban J connectivity index is 1.49. The number of carbonyl (C=O) groups excluding carboxylic acids is 1. The first kappa shape index (κ1) is 20.8. The summed E-state index contributed by atoms with van der Waals surface area (Å²) in [6.07, 6.45) is 1.64. The van der Waals surface area contributed by atoms with Gasteiger partial charge in [0, 0.05) is 13.1 Å². The van der Waals surface area contributed by atoms with Gasteiger partial charge in [0.2, 0.25) is 0 Å². The predicted octanol–water partition coefficient (Wildman–Crippen LogP) is 2.96. The smallest absolute Gasteiger partial charge is 0.254 e. The van der Waals surface area contributed by atoms with E-state index in [4.69, 9.17) is 9.47 Å². The predicted molar refractivity (Wildman–Crippen MR) is 118 cm³/mol. The molecule has 6 nitrogen and oxygen atoms in total. The second-order valence-corrected chi connectivity index (χ2v) is 7.81. The highest BCUT2D eigenvalue weighted by Crippen LogP contribution is 2.22. The largest absolute Gasteiger partial charge is 0.488 e. The third-order valence-corrected chi connectivity index (χ3v) is 5.15. The molecule has 0 atom stereocenters. The van der Waals surface area contributed by atoms with Crippen molar-refractivity contribution in [3.63, 3.8) is 0 Å². The van der Waals surface area contributed by atoms with Crippen LogP contribution in [0.3, 0.4) is 0 Å². The second-order valence-electron chi connectivity index (χ2n) is 6.65. The Morgan fingerprint density at radius 2 is 2.11 bits per heavy atom. The van der Waals surface area contributed by atoms with E-state index in [1.54, 1.807) is 6.21 Å². The van der Waals surface area contributed by atoms with Crippen LogP contribution in [0.4, 0.5) is 0 Å². The van der Waals surface area contributed by atoms with E-state index < -0.39 is 0 Å². The van der Waals surface area contributed by atoms with Crippen molar-refractivity contribution >= 4 is 34.7 Å². The Bertz CT molecular complexity index is 835. The fourth-order valence-corrected chi connectivity index (χ4v) is 3.55. The SMILES string of the molecule is Cc1cccc(COc2ccc(/C=N/NC(=O)CN3CCOCC3)cc2I)c1. The molecule has 0 saturated carbocycles. The van der Waals surface area contributed by atoms with E-state index in [2.05, 4.69) is 63.1 Å². The third kappa shape index (κ3) is 6.57. The van der Waals surface area contributed by atoms with Gasteiger partial charge in [-0.3, -0.25) is 9.69 Å². The number of benzene rings is 2. The summed E-state index contributed by atoms with van der Waals surface area (Å²) in [6.45, 7) is 5.84. The van der Waals surface area contributed by atoms with E-state index in [1.165, 1.54) is 5.56 Å². The minimum absolute atomic E-state index is 0.119. The van der Waals surface area contributed by atoms with E-state index >= 15 is 0 Å². The standard InChI is InChI=1S/C21H24IN3O3/c1-16-3-2-4-18(11-16)15-28-20-6-5-17(12-19(20)22)13-23-24-21(26)14-25-7-9-27-10-8-25/h2-6,11-13H,7-10,14-15H2,1H3,(H,24,26)/b23-13+. The van der Waals surface area contributed by atoms with Crippen molar-refractivity contribution in [1.29, 1.82) is 0 Å². The molecule has 148 valence electrons. The summed E-state index contributed by atoms with van der Waals surface area (Å²) in [4.78, 5) is 14.0. The summed E-state index contributed by atoms with van der Waals surface area (Å²) >= 11 is 2.24. The zero-order valence-corrected chi connectivity index (χ0v) is 18.0. The molecule has 1 fully saturated rings. The zero-order chi connectivity index (χ0) is 19.8. The van der Waals surface area contributed by atoms with Crippen LogP contribution >= 0.6 is 22.6 Å². The van der Waals surface area contributed by atoms with Gasteiger partial charge < -0.3 is 9.47 Å². The van der Waals surface area contributed by atoms with Gasteiger partial charge in [-0.15, -0.1) is 0 Å². The molecule has 0 radical (unpaired) electrons. The minimum atomic E-state index is -0.119. The molecule has 2 aromatic carbocycles. The number of halogens is 1. The molecule has 2 aromatic rings. The van der Waals surface area contributed by atoms with Crippen LogP contribution in [0, 0.1) is 10.5 Å². The maximum Gasteiger partial charge on any atom is 0.254 e. The highest BCUT2D eigenvalue weighted by atomic mass is 127. The highest BCUT2D eigenvalue weighted by Gasteiger charge is 2.13. The van der Waals surface area contributed by atoms with Crippen LogP contribution in [0.2, 0.25) is 0 Å². The molecular formula is C21H24IN3O3. The Hall–Kier alpha value is -1.97. The monoisotopic (exact) mass is 493 g/mol. The molecule has 1 aliphatic rings. The molecule has 0 aliphatic carbocycles. The van der Waals surface area contributed by atoms with Crippen LogP contribution in [0.1, 0.15) is 16.7 Å². The average molecular weight is 493 g/mol. The average Bonchev–Trinajstić information content (AvgIpc) is 2.68. The van der Waals surface area contributed by atoms with Gasteiger partial charge in [0.25, 0.3) is 5.91 Å². The minimum Gasteiger partial charge on any atom is -0.488 e. The van der Waals surface area contributed by atoms with Crippen LogP contribution in [0.25, 0.3) is 0 Å². The van der Waals surface area contributed by atoms with Crippen LogP contribution < -0.4 is 10.2 Å². The number of hydrazone groups is 1. The Morgan fingerprint density at radius 3 is 2.86 bits per heavy atom. The van der Waals surface area contributed by atoms with E-state index in [0.29, 0.717) is 26.4 Å². The number of rotatable bonds is 7. The van der Waals surface area contributed by atoms with Crippen LogP contribution in [0.5, 0.6) is 5.75 Å². The summed E-state index contributed by atoms with van der Waals surface area (Å²) in [5.41, 5.74) is 5.84. The normalized spacial score (nSPS) is 14.9. The molecule has 0 bridgehead atoms. The summed E-state index contributed by atoms with van der Waals surface area (Å²) in [7, 11) is 0. The number of hydrogen-bond acceptors (Lipinski definition) is 5. The van der Waals surface area contributed by atoms with E-state index in [9.17, 15) is 4.79 Å². The quantitative estimate of drug-likeness (QED) is 0.366. The lowest BCUT2D eigenvalue weighted by molar-refractivity contribution is -0.123. The van der Waals surface area contributed by atoms with Gasteiger partial charge in [-0.2, -0.15) is 5.10 Å². The molecule has 1 aliphatic heterocycles. The molecule has 1 saturated heterocycles. The van der Waals surface area contributed by atoms with Crippen LogP contribution in [-0.4, -0.2) is 49.9 Å². The van der Waals surface area contributed by atoms with Gasteiger partial charge >= 0.3 is 0 Å². The number of amides is 1. The van der Waals surface area contributed by atoms with Crippen molar-refractivity contribution in [2.24, 2.45) is 5.10 Å². The fourth-order valence-electron chi connectivity index (χ4n) is 2.85. The van der Waals surface area contributed by atoms with Gasteiger partial charge in [0.1, 0.15) is 12.4 Å². The first-order valence-electron chi connectivity index (χ1n) is 9.20. The molecular weight excluding hydrogens is 469 g/mol. The summed E-state index contributed by atoms with van der Waals surface area (Å²) in [5.74, 6) is 0.710. The van der Waals surface area contributed by atoms with Crippen molar-refractivity contribution < 1.29 is 14.3 Å². The maximum absolute atomic E-state index is 11.9. The lowest BCUT2D eigenvalue weighted by Crippen LogP contribution is -2.42. The van der Waals surface area contributed by atoms with Gasteiger partial charge in [0.05, 0.1) is 29.5 Å². The lowest BCUT2D eigenvalue weighted by Gasteiger charge is -2.25. The highest BCUT2D eigenvalue weighted by molar-refractivity contribution is 14.1. The molecule has 28 heavy (non-hydrogen) atoms. The molecule has 0 aromatic heterocycles. The molecule has 0 unspecified atom stereocenters. The Labute approximate surface area is 179 Å². The second kappa shape index (κ2) is 10.5. The summed E-state index contributed by atoms with van der Waals surface area (Å²) < 4.78 is 12.2. The number of carbonyl (C=O) groups is 1. The molecule has 1 N–H and O–H groups in total. The van der Waals surface area contributed by atoms with Crippen molar-refractivity contribution in [3.8, 4) is 5.75 Å². The number of aryl methyl sites for hydroxylation is 1. The lowest BCUT2D eigenvalue weighted by atomic mass is 10.1. The zero-order valence-electron chi connectivity index (χ0n) is 15.9. The fraction of sp³-hybridized carbons (Fsp3) is 0.333. The van der Waals surface area contributed by atoms with Gasteiger partial charge in [-0.05, 0) is 58.8 Å². The van der Waals surface area contributed by atoms with Crippen LogP contribution in [-0.2, 0) is 16.1 Å². The van der Waals surface area contributed by atoms with E-state index in [-0.39, 0.29) is 5.91 Å². The van der Waals surface area contributed by atoms with Crippen molar-refractivity contribution in [3.05, 3.63) is 62.7 Å². The number of nitrogens with zero attached hydrogens (tertiary/aromatic N) is 2. The number of nitrogens with one attached hydrogen (secondary N) is 1. The number of ether oxygens (including phenoxy) is 2. The van der Waals surface area contributed by atoms with Crippen molar-refractivity contribution in [2.45, 2.75) is 13.5 Å². The van der Waals surface area contributed by atoms with Crippen molar-refractivity contribution in [1.82, 2.24) is 10.3 Å².